The Morgan fingerprint density at radius 3 is 1.77 bits per heavy atom. The standard InChI is InChI=1S/C23H16Br2O5/c1-29-21(26)17-6-3-12(9-18(17)22(27)30-2)23(28)19-10-13(24)4-7-15(19)16-8-5-14(25)11-20(16)23/h3-11,28H,1-2H3. The summed E-state index contributed by atoms with van der Waals surface area (Å²) >= 11 is 6.96. The van der Waals surface area contributed by atoms with Gasteiger partial charge in [0.1, 0.15) is 5.60 Å². The normalized spacial score (nSPS) is 13.4. The molecule has 0 aromatic heterocycles. The zero-order valence-corrected chi connectivity index (χ0v) is 19.2. The van der Waals surface area contributed by atoms with Gasteiger partial charge >= 0.3 is 11.9 Å². The number of hydrogen-bond acceptors (Lipinski definition) is 5. The molecule has 0 spiro atoms. The first kappa shape index (κ1) is 20.8. The average Bonchev–Trinajstić information content (AvgIpc) is 3.00. The van der Waals surface area contributed by atoms with Crippen molar-refractivity contribution in [2.75, 3.05) is 14.2 Å². The van der Waals surface area contributed by atoms with Crippen molar-refractivity contribution in [3.05, 3.63) is 91.4 Å². The van der Waals surface area contributed by atoms with E-state index in [0.29, 0.717) is 16.7 Å². The largest absolute Gasteiger partial charge is 0.465 e. The molecule has 152 valence electrons. The molecule has 3 aromatic rings. The molecule has 3 aromatic carbocycles. The second kappa shape index (κ2) is 7.65. The van der Waals surface area contributed by atoms with Crippen LogP contribution in [0.2, 0.25) is 0 Å². The molecule has 7 heteroatoms. The Morgan fingerprint density at radius 1 is 0.767 bits per heavy atom. The zero-order valence-electron chi connectivity index (χ0n) is 16.0. The molecule has 0 fully saturated rings. The smallest absolute Gasteiger partial charge is 0.338 e. The summed E-state index contributed by atoms with van der Waals surface area (Å²) in [4.78, 5) is 24.5. The third-order valence-corrected chi connectivity index (χ3v) is 6.27. The summed E-state index contributed by atoms with van der Waals surface area (Å²) in [6.45, 7) is 0. The highest BCUT2D eigenvalue weighted by atomic mass is 79.9. The number of methoxy groups -OCH3 is 2. The van der Waals surface area contributed by atoms with Crippen molar-refractivity contribution in [1.29, 1.82) is 0 Å². The fourth-order valence-corrected chi connectivity index (χ4v) is 4.62. The van der Waals surface area contributed by atoms with E-state index in [4.69, 9.17) is 9.47 Å². The minimum Gasteiger partial charge on any atom is -0.465 e. The number of carbonyl (C=O) groups is 2. The molecule has 1 aliphatic carbocycles. The number of esters is 2. The van der Waals surface area contributed by atoms with Gasteiger partial charge in [-0.05, 0) is 53.1 Å². The average molecular weight is 532 g/mol. The number of hydrogen-bond donors (Lipinski definition) is 1. The van der Waals surface area contributed by atoms with E-state index in [-0.39, 0.29) is 11.1 Å². The lowest BCUT2D eigenvalue weighted by Crippen LogP contribution is -2.27. The van der Waals surface area contributed by atoms with Gasteiger partial charge in [-0.3, -0.25) is 0 Å². The van der Waals surface area contributed by atoms with Crippen LogP contribution in [0.3, 0.4) is 0 Å². The maximum absolute atomic E-state index is 12.4. The Kier molecular flexibility index (Phi) is 5.30. The lowest BCUT2D eigenvalue weighted by Gasteiger charge is -2.27. The van der Waals surface area contributed by atoms with Crippen LogP contribution in [0.25, 0.3) is 11.1 Å². The molecule has 0 unspecified atom stereocenters. The fourth-order valence-electron chi connectivity index (χ4n) is 3.89. The van der Waals surface area contributed by atoms with Crippen molar-refractivity contribution < 1.29 is 24.2 Å². The van der Waals surface area contributed by atoms with Gasteiger partial charge in [0.05, 0.1) is 25.3 Å². The van der Waals surface area contributed by atoms with Crippen molar-refractivity contribution in [3.8, 4) is 11.1 Å². The van der Waals surface area contributed by atoms with Crippen LogP contribution < -0.4 is 0 Å². The molecular formula is C23H16Br2O5. The van der Waals surface area contributed by atoms with Crippen LogP contribution in [0, 0.1) is 0 Å². The van der Waals surface area contributed by atoms with E-state index in [1.165, 1.54) is 26.4 Å². The van der Waals surface area contributed by atoms with Gasteiger partial charge in [0.25, 0.3) is 0 Å². The molecule has 1 N–H and O–H groups in total. The van der Waals surface area contributed by atoms with Crippen LogP contribution in [0.5, 0.6) is 0 Å². The summed E-state index contributed by atoms with van der Waals surface area (Å²) in [6, 6.07) is 16.0. The molecular weight excluding hydrogens is 516 g/mol. The SMILES string of the molecule is COC(=O)c1ccc(C2(O)c3cc(Br)ccc3-c3ccc(Br)cc32)cc1C(=O)OC. The second-order valence-electron chi connectivity index (χ2n) is 6.83. The number of ether oxygens (including phenoxy) is 2. The first-order valence-electron chi connectivity index (χ1n) is 8.95. The van der Waals surface area contributed by atoms with Crippen LogP contribution >= 0.6 is 31.9 Å². The van der Waals surface area contributed by atoms with Gasteiger partial charge in [0.15, 0.2) is 0 Å². The van der Waals surface area contributed by atoms with Crippen molar-refractivity contribution in [3.63, 3.8) is 0 Å². The number of aliphatic hydroxyl groups is 1. The van der Waals surface area contributed by atoms with Gasteiger partial charge in [-0.15, -0.1) is 0 Å². The highest BCUT2D eigenvalue weighted by Crippen LogP contribution is 2.52. The van der Waals surface area contributed by atoms with E-state index in [0.717, 1.165) is 20.1 Å². The number of benzene rings is 3. The number of halogens is 2. The predicted octanol–water partition coefficient (Wildman–Crippen LogP) is 5.05. The highest BCUT2D eigenvalue weighted by Gasteiger charge is 2.44. The number of rotatable bonds is 3. The number of fused-ring (bicyclic) bond motifs is 3. The molecule has 0 heterocycles. The molecule has 1 aliphatic rings. The molecule has 5 nitrogen and oxygen atoms in total. The summed E-state index contributed by atoms with van der Waals surface area (Å²) < 4.78 is 11.3. The molecule has 0 amide bonds. The minimum absolute atomic E-state index is 0.0234. The molecule has 0 aliphatic heterocycles. The quantitative estimate of drug-likeness (QED) is 0.479. The van der Waals surface area contributed by atoms with Crippen molar-refractivity contribution in [1.82, 2.24) is 0 Å². The van der Waals surface area contributed by atoms with Crippen molar-refractivity contribution in [2.45, 2.75) is 5.60 Å². The molecule has 30 heavy (non-hydrogen) atoms. The van der Waals surface area contributed by atoms with Crippen LogP contribution in [0.1, 0.15) is 37.4 Å². The first-order chi connectivity index (χ1) is 14.3. The van der Waals surface area contributed by atoms with Gasteiger partial charge in [-0.1, -0.05) is 50.1 Å². The molecule has 0 bridgehead atoms. The third-order valence-electron chi connectivity index (χ3n) is 5.28. The monoisotopic (exact) mass is 530 g/mol. The van der Waals surface area contributed by atoms with Gasteiger partial charge in [0, 0.05) is 20.1 Å². The van der Waals surface area contributed by atoms with Crippen molar-refractivity contribution >= 4 is 43.8 Å². The van der Waals surface area contributed by atoms with E-state index >= 15 is 0 Å². The van der Waals surface area contributed by atoms with E-state index in [1.54, 1.807) is 6.07 Å². The van der Waals surface area contributed by atoms with Crippen LogP contribution in [-0.2, 0) is 15.1 Å². The van der Waals surface area contributed by atoms with Gasteiger partial charge < -0.3 is 14.6 Å². The number of carbonyl (C=O) groups excluding carboxylic acids is 2. The van der Waals surface area contributed by atoms with Crippen LogP contribution in [0.4, 0.5) is 0 Å². The van der Waals surface area contributed by atoms with Gasteiger partial charge in [-0.25, -0.2) is 9.59 Å². The molecule has 0 atom stereocenters. The van der Waals surface area contributed by atoms with Gasteiger partial charge in [0.2, 0.25) is 0 Å². The Labute approximate surface area is 189 Å². The summed E-state index contributed by atoms with van der Waals surface area (Å²) in [5.74, 6) is -1.35. The maximum atomic E-state index is 12.4. The Balaban J connectivity index is 2.02. The van der Waals surface area contributed by atoms with E-state index in [2.05, 4.69) is 31.9 Å². The minimum atomic E-state index is -1.53. The third kappa shape index (κ3) is 3.09. The van der Waals surface area contributed by atoms with E-state index < -0.39 is 17.5 Å². The highest BCUT2D eigenvalue weighted by molar-refractivity contribution is 9.10. The van der Waals surface area contributed by atoms with Gasteiger partial charge in [-0.2, -0.15) is 0 Å². The van der Waals surface area contributed by atoms with Crippen molar-refractivity contribution in [2.24, 2.45) is 0 Å². The predicted molar refractivity (Wildman–Crippen MR) is 118 cm³/mol. The molecule has 0 saturated heterocycles. The molecule has 0 saturated carbocycles. The van der Waals surface area contributed by atoms with E-state index in [1.807, 2.05) is 36.4 Å². The zero-order chi connectivity index (χ0) is 21.6. The Hall–Kier alpha value is -2.48. The Morgan fingerprint density at radius 2 is 1.27 bits per heavy atom. The molecule has 0 radical (unpaired) electrons. The lowest BCUT2D eigenvalue weighted by atomic mass is 9.83. The summed E-state index contributed by atoms with van der Waals surface area (Å²) in [6.07, 6.45) is 0. The molecule has 4 rings (SSSR count). The fraction of sp³-hybridized carbons (Fsp3) is 0.130. The van der Waals surface area contributed by atoms with Crippen LogP contribution in [-0.4, -0.2) is 31.3 Å². The van der Waals surface area contributed by atoms with E-state index in [9.17, 15) is 14.7 Å². The summed E-state index contributed by atoms with van der Waals surface area (Å²) in [5.41, 5.74) is 2.12. The topological polar surface area (TPSA) is 72.8 Å². The second-order valence-corrected chi connectivity index (χ2v) is 8.67. The lowest BCUT2D eigenvalue weighted by molar-refractivity contribution is 0.0554. The van der Waals surface area contributed by atoms with Crippen LogP contribution in [0.15, 0.2) is 63.5 Å². The summed E-state index contributed by atoms with van der Waals surface area (Å²) in [7, 11) is 2.47. The Bertz CT molecular complexity index is 1150. The maximum Gasteiger partial charge on any atom is 0.338 e. The first-order valence-corrected chi connectivity index (χ1v) is 10.5. The summed E-state index contributed by atoms with van der Waals surface area (Å²) in [5, 5.41) is 12.1.